The van der Waals surface area contributed by atoms with E-state index in [1.165, 1.54) is 0 Å². The van der Waals surface area contributed by atoms with Crippen LogP contribution in [-0.4, -0.2) is 37.7 Å². The van der Waals surface area contributed by atoms with Crippen LogP contribution in [0.1, 0.15) is 44.9 Å². The number of rotatable bonds is 7. The molecule has 1 fully saturated rings. The third kappa shape index (κ3) is 6.18. The van der Waals surface area contributed by atoms with Crippen LogP contribution in [0.25, 0.3) is 0 Å². The van der Waals surface area contributed by atoms with Gasteiger partial charge < -0.3 is 0 Å². The molecule has 1 N–H and O–H groups in total. The molecule has 0 aromatic rings. The van der Waals surface area contributed by atoms with Crippen molar-refractivity contribution < 1.29 is 8.42 Å². The Balaban J connectivity index is 2.28. The smallest absolute Gasteiger partial charge is 0.202 e. The number of halogens is 1. The Morgan fingerprint density at radius 1 is 1.00 bits per heavy atom. The molecule has 1 aliphatic heterocycles. The molecule has 0 atom stereocenters. The van der Waals surface area contributed by atoms with Gasteiger partial charge in [-0.15, -0.1) is 0 Å². The molecule has 0 saturated carbocycles. The van der Waals surface area contributed by atoms with Crippen molar-refractivity contribution in [2.24, 2.45) is 0 Å². The molecule has 0 spiro atoms. The van der Waals surface area contributed by atoms with Crippen LogP contribution >= 0.6 is 15.9 Å². The summed E-state index contributed by atoms with van der Waals surface area (Å²) >= 11 is 3.37. The maximum absolute atomic E-state index is 12.0. The lowest BCUT2D eigenvalue weighted by atomic mass is 10.2. The summed E-state index contributed by atoms with van der Waals surface area (Å²) in [7, 11) is -3.22. The van der Waals surface area contributed by atoms with E-state index in [1.54, 1.807) is 4.31 Å². The quantitative estimate of drug-likeness (QED) is 0.576. The van der Waals surface area contributed by atoms with E-state index < -0.39 is 10.2 Å². The highest BCUT2D eigenvalue weighted by Gasteiger charge is 2.21. The summed E-state index contributed by atoms with van der Waals surface area (Å²) in [6.45, 7) is 1.92. The van der Waals surface area contributed by atoms with Crippen LogP contribution in [0, 0.1) is 0 Å². The maximum Gasteiger partial charge on any atom is 0.279 e. The fourth-order valence-corrected chi connectivity index (χ4v) is 3.69. The monoisotopic (exact) mass is 326 g/mol. The van der Waals surface area contributed by atoms with Gasteiger partial charge in [-0.1, -0.05) is 35.2 Å². The minimum Gasteiger partial charge on any atom is -0.202 e. The Labute approximate surface area is 113 Å². The zero-order valence-electron chi connectivity index (χ0n) is 10.3. The lowest BCUT2D eigenvalue weighted by Crippen LogP contribution is -2.41. The average Bonchev–Trinajstić information content (AvgIpc) is 2.57. The molecule has 1 aliphatic rings. The SMILES string of the molecule is O=S(=O)(NCCCCCBr)N1CCCCCC1. The minimum absolute atomic E-state index is 0.561. The van der Waals surface area contributed by atoms with Crippen LogP contribution in [0.4, 0.5) is 0 Å². The Hall–Kier alpha value is 0.350. The highest BCUT2D eigenvalue weighted by molar-refractivity contribution is 9.09. The number of hydrogen-bond acceptors (Lipinski definition) is 2. The Morgan fingerprint density at radius 3 is 2.24 bits per heavy atom. The summed E-state index contributed by atoms with van der Waals surface area (Å²) in [5, 5.41) is 0.992. The van der Waals surface area contributed by atoms with Crippen molar-refractivity contribution in [2.45, 2.75) is 44.9 Å². The van der Waals surface area contributed by atoms with E-state index in [4.69, 9.17) is 0 Å². The second kappa shape index (κ2) is 8.45. The summed E-state index contributed by atoms with van der Waals surface area (Å²) in [4.78, 5) is 0. The summed E-state index contributed by atoms with van der Waals surface area (Å²) in [5.74, 6) is 0. The molecule has 0 amide bonds. The molecule has 0 aromatic carbocycles. The zero-order chi connectivity index (χ0) is 12.6. The predicted molar refractivity (Wildman–Crippen MR) is 74.6 cm³/mol. The van der Waals surface area contributed by atoms with Crippen LogP contribution in [0.3, 0.4) is 0 Å². The van der Waals surface area contributed by atoms with Crippen LogP contribution in [0.15, 0.2) is 0 Å². The van der Waals surface area contributed by atoms with Crippen LogP contribution in [-0.2, 0) is 10.2 Å². The molecule has 1 heterocycles. The molecular weight excluding hydrogens is 304 g/mol. The molecule has 1 rings (SSSR count). The third-order valence-corrected chi connectivity index (χ3v) is 5.17. The van der Waals surface area contributed by atoms with Gasteiger partial charge in [0.25, 0.3) is 10.2 Å². The van der Waals surface area contributed by atoms with Gasteiger partial charge in [-0.3, -0.25) is 0 Å². The topological polar surface area (TPSA) is 49.4 Å². The van der Waals surface area contributed by atoms with Crippen molar-refractivity contribution in [3.63, 3.8) is 0 Å². The highest BCUT2D eigenvalue weighted by atomic mass is 79.9. The standard InChI is InChI=1S/C11H23BrN2O2S/c12-8-4-3-5-9-13-17(15,16)14-10-6-1-2-7-11-14/h13H,1-11H2. The summed E-state index contributed by atoms with van der Waals surface area (Å²) in [6, 6.07) is 0. The first kappa shape index (κ1) is 15.4. The molecule has 4 nitrogen and oxygen atoms in total. The van der Waals surface area contributed by atoms with Crippen molar-refractivity contribution in [3.05, 3.63) is 0 Å². The first-order valence-corrected chi connectivity index (χ1v) is 9.03. The summed E-state index contributed by atoms with van der Waals surface area (Å²) < 4.78 is 28.3. The number of unbranched alkanes of at least 4 members (excludes halogenated alkanes) is 2. The van der Waals surface area contributed by atoms with Gasteiger partial charge >= 0.3 is 0 Å². The van der Waals surface area contributed by atoms with E-state index in [-0.39, 0.29) is 0 Å². The normalized spacial score (nSPS) is 19.1. The van der Waals surface area contributed by atoms with Gasteiger partial charge in [0.1, 0.15) is 0 Å². The predicted octanol–water partition coefficient (Wildman–Crippen LogP) is 2.26. The van der Waals surface area contributed by atoms with Crippen molar-refractivity contribution in [1.82, 2.24) is 9.03 Å². The molecule has 1 saturated heterocycles. The third-order valence-electron chi connectivity index (χ3n) is 3.00. The Morgan fingerprint density at radius 2 is 1.65 bits per heavy atom. The molecule has 17 heavy (non-hydrogen) atoms. The van der Waals surface area contributed by atoms with Gasteiger partial charge in [0, 0.05) is 25.0 Å². The molecule has 0 aliphatic carbocycles. The Kier molecular flexibility index (Phi) is 7.66. The van der Waals surface area contributed by atoms with E-state index in [0.29, 0.717) is 19.6 Å². The number of hydrogen-bond donors (Lipinski definition) is 1. The fraction of sp³-hybridized carbons (Fsp3) is 1.00. The highest BCUT2D eigenvalue weighted by Crippen LogP contribution is 2.12. The van der Waals surface area contributed by atoms with Gasteiger partial charge in [-0.05, 0) is 25.7 Å². The van der Waals surface area contributed by atoms with Gasteiger partial charge in [0.15, 0.2) is 0 Å². The van der Waals surface area contributed by atoms with E-state index >= 15 is 0 Å². The Bertz CT molecular complexity index is 288. The lowest BCUT2D eigenvalue weighted by molar-refractivity contribution is 0.414. The average molecular weight is 327 g/mol. The minimum atomic E-state index is -3.22. The number of nitrogens with one attached hydrogen (secondary N) is 1. The largest absolute Gasteiger partial charge is 0.279 e. The van der Waals surface area contributed by atoms with E-state index in [2.05, 4.69) is 20.7 Å². The van der Waals surface area contributed by atoms with E-state index in [9.17, 15) is 8.42 Å². The van der Waals surface area contributed by atoms with Crippen LogP contribution in [0.2, 0.25) is 0 Å². The number of alkyl halides is 1. The van der Waals surface area contributed by atoms with Gasteiger partial charge in [0.05, 0.1) is 0 Å². The first-order chi connectivity index (χ1) is 8.17. The van der Waals surface area contributed by atoms with Gasteiger partial charge in [0.2, 0.25) is 0 Å². The van der Waals surface area contributed by atoms with E-state index in [0.717, 1.165) is 50.3 Å². The zero-order valence-corrected chi connectivity index (χ0v) is 12.7. The van der Waals surface area contributed by atoms with Gasteiger partial charge in [-0.2, -0.15) is 12.7 Å². The van der Waals surface area contributed by atoms with Crippen molar-refractivity contribution in [2.75, 3.05) is 25.0 Å². The van der Waals surface area contributed by atoms with Crippen molar-refractivity contribution >= 4 is 26.1 Å². The van der Waals surface area contributed by atoms with Crippen molar-refractivity contribution in [3.8, 4) is 0 Å². The first-order valence-electron chi connectivity index (χ1n) is 6.47. The second-order valence-electron chi connectivity index (χ2n) is 4.46. The summed E-state index contributed by atoms with van der Waals surface area (Å²) in [6.07, 6.45) is 7.36. The van der Waals surface area contributed by atoms with Crippen LogP contribution in [0.5, 0.6) is 0 Å². The fourth-order valence-electron chi connectivity index (χ4n) is 1.97. The molecule has 6 heteroatoms. The maximum atomic E-state index is 12.0. The molecule has 0 bridgehead atoms. The molecule has 0 unspecified atom stereocenters. The molecular formula is C11H23BrN2O2S. The van der Waals surface area contributed by atoms with Crippen molar-refractivity contribution in [1.29, 1.82) is 0 Å². The molecule has 0 aromatic heterocycles. The van der Waals surface area contributed by atoms with Gasteiger partial charge in [-0.25, -0.2) is 4.72 Å². The number of nitrogens with zero attached hydrogens (tertiary/aromatic N) is 1. The molecule has 102 valence electrons. The summed E-state index contributed by atoms with van der Waals surface area (Å²) in [5.41, 5.74) is 0. The van der Waals surface area contributed by atoms with Crippen LogP contribution < -0.4 is 4.72 Å². The lowest BCUT2D eigenvalue weighted by Gasteiger charge is -2.20. The second-order valence-corrected chi connectivity index (χ2v) is 7.01. The molecule has 0 radical (unpaired) electrons. The van der Waals surface area contributed by atoms with E-state index in [1.807, 2.05) is 0 Å².